The standard InChI is InChI=1S/C14H12Cl2N2O3/c1-7-10(6-13(19)20)8(2)18(14(21)17-7)12-5-9(15)3-4-11(12)16/h3-5H,6H2,1-2H3,(H,19,20). The molecule has 2 rings (SSSR count). The molecule has 0 saturated carbocycles. The quantitative estimate of drug-likeness (QED) is 0.941. The number of aryl methyl sites for hydroxylation is 1. The van der Waals surface area contributed by atoms with E-state index in [-0.39, 0.29) is 6.42 Å². The molecule has 0 amide bonds. The van der Waals surface area contributed by atoms with Crippen LogP contribution < -0.4 is 5.69 Å². The summed E-state index contributed by atoms with van der Waals surface area (Å²) in [5.41, 5.74) is 1.22. The minimum absolute atomic E-state index is 0.219. The van der Waals surface area contributed by atoms with Crippen LogP contribution in [0.5, 0.6) is 0 Å². The van der Waals surface area contributed by atoms with Crippen LogP contribution in [-0.2, 0) is 11.2 Å². The van der Waals surface area contributed by atoms with Crippen LogP contribution in [0.1, 0.15) is 17.0 Å². The van der Waals surface area contributed by atoms with E-state index >= 15 is 0 Å². The van der Waals surface area contributed by atoms with Crippen LogP contribution in [-0.4, -0.2) is 20.6 Å². The molecule has 0 spiro atoms. The molecule has 0 fully saturated rings. The van der Waals surface area contributed by atoms with Crippen LogP contribution in [0.25, 0.3) is 5.69 Å². The third-order valence-electron chi connectivity index (χ3n) is 3.14. The number of carboxylic acids is 1. The van der Waals surface area contributed by atoms with Crippen molar-refractivity contribution in [3.8, 4) is 5.69 Å². The lowest BCUT2D eigenvalue weighted by molar-refractivity contribution is -0.136. The van der Waals surface area contributed by atoms with Gasteiger partial charge in [-0.05, 0) is 32.0 Å². The minimum Gasteiger partial charge on any atom is -0.481 e. The van der Waals surface area contributed by atoms with Gasteiger partial charge in [-0.1, -0.05) is 23.2 Å². The summed E-state index contributed by atoms with van der Waals surface area (Å²) < 4.78 is 1.28. The fourth-order valence-corrected chi connectivity index (χ4v) is 2.52. The number of halogens is 2. The van der Waals surface area contributed by atoms with Crippen LogP contribution >= 0.6 is 23.2 Å². The van der Waals surface area contributed by atoms with Gasteiger partial charge in [0.15, 0.2) is 0 Å². The van der Waals surface area contributed by atoms with Crippen molar-refractivity contribution in [1.82, 2.24) is 9.55 Å². The monoisotopic (exact) mass is 326 g/mol. The van der Waals surface area contributed by atoms with Crippen molar-refractivity contribution in [1.29, 1.82) is 0 Å². The Balaban J connectivity index is 2.77. The molecule has 0 atom stereocenters. The highest BCUT2D eigenvalue weighted by molar-refractivity contribution is 6.34. The molecule has 2 aromatic rings. The van der Waals surface area contributed by atoms with Gasteiger partial charge in [-0.15, -0.1) is 0 Å². The molecule has 110 valence electrons. The number of rotatable bonds is 3. The average Bonchev–Trinajstić information content (AvgIpc) is 2.38. The zero-order valence-corrected chi connectivity index (χ0v) is 12.9. The summed E-state index contributed by atoms with van der Waals surface area (Å²) in [6, 6.07) is 4.72. The molecule has 0 radical (unpaired) electrons. The third-order valence-corrected chi connectivity index (χ3v) is 3.70. The van der Waals surface area contributed by atoms with Gasteiger partial charge >= 0.3 is 11.7 Å². The normalized spacial score (nSPS) is 10.7. The average molecular weight is 327 g/mol. The molecule has 5 nitrogen and oxygen atoms in total. The number of carboxylic acid groups (broad SMARTS) is 1. The Bertz CT molecular complexity index is 785. The van der Waals surface area contributed by atoms with E-state index in [1.165, 1.54) is 4.57 Å². The van der Waals surface area contributed by atoms with Gasteiger partial charge < -0.3 is 5.11 Å². The predicted octanol–water partition coefficient (Wildman–Crippen LogP) is 2.78. The van der Waals surface area contributed by atoms with Crippen molar-refractivity contribution in [3.63, 3.8) is 0 Å². The molecular weight excluding hydrogens is 315 g/mol. The second-order valence-corrected chi connectivity index (χ2v) is 5.39. The Morgan fingerprint density at radius 2 is 2.00 bits per heavy atom. The highest BCUT2D eigenvalue weighted by atomic mass is 35.5. The highest BCUT2D eigenvalue weighted by Crippen LogP contribution is 2.25. The van der Waals surface area contributed by atoms with E-state index in [2.05, 4.69) is 4.98 Å². The van der Waals surface area contributed by atoms with E-state index in [4.69, 9.17) is 28.3 Å². The number of benzene rings is 1. The van der Waals surface area contributed by atoms with Crippen LogP contribution in [0, 0.1) is 13.8 Å². The zero-order chi connectivity index (χ0) is 15.7. The van der Waals surface area contributed by atoms with Crippen LogP contribution in [0.4, 0.5) is 0 Å². The Morgan fingerprint density at radius 1 is 1.33 bits per heavy atom. The van der Waals surface area contributed by atoms with Crippen molar-refractivity contribution in [2.45, 2.75) is 20.3 Å². The van der Waals surface area contributed by atoms with E-state index in [0.717, 1.165) is 0 Å². The van der Waals surface area contributed by atoms with E-state index in [1.54, 1.807) is 32.0 Å². The lowest BCUT2D eigenvalue weighted by atomic mass is 10.1. The van der Waals surface area contributed by atoms with Gasteiger partial charge in [0.2, 0.25) is 0 Å². The Hall–Kier alpha value is -1.85. The Morgan fingerprint density at radius 3 is 2.62 bits per heavy atom. The van der Waals surface area contributed by atoms with Gasteiger partial charge in [-0.2, -0.15) is 4.98 Å². The lowest BCUT2D eigenvalue weighted by Gasteiger charge is -2.15. The molecule has 0 aliphatic heterocycles. The van der Waals surface area contributed by atoms with Crippen LogP contribution in [0.15, 0.2) is 23.0 Å². The maximum Gasteiger partial charge on any atom is 0.352 e. The van der Waals surface area contributed by atoms with Crippen molar-refractivity contribution < 1.29 is 9.90 Å². The van der Waals surface area contributed by atoms with E-state index in [1.807, 2.05) is 0 Å². The first-order chi connectivity index (χ1) is 9.81. The third kappa shape index (κ3) is 3.09. The molecule has 0 saturated heterocycles. The first kappa shape index (κ1) is 15.5. The molecule has 0 bridgehead atoms. The lowest BCUT2D eigenvalue weighted by Crippen LogP contribution is -2.27. The van der Waals surface area contributed by atoms with Crippen molar-refractivity contribution in [2.24, 2.45) is 0 Å². The summed E-state index contributed by atoms with van der Waals surface area (Å²) in [5.74, 6) is -0.995. The molecule has 1 heterocycles. The number of carbonyl (C=O) groups is 1. The molecule has 0 aliphatic carbocycles. The maximum absolute atomic E-state index is 12.2. The highest BCUT2D eigenvalue weighted by Gasteiger charge is 2.17. The van der Waals surface area contributed by atoms with Gasteiger partial charge in [0.1, 0.15) is 0 Å². The van der Waals surface area contributed by atoms with Gasteiger partial charge in [-0.3, -0.25) is 9.36 Å². The number of hydrogen-bond acceptors (Lipinski definition) is 3. The summed E-state index contributed by atoms with van der Waals surface area (Å²) in [6.07, 6.45) is -0.219. The van der Waals surface area contributed by atoms with Crippen LogP contribution in [0.2, 0.25) is 10.0 Å². The Kier molecular flexibility index (Phi) is 4.34. The number of nitrogens with zero attached hydrogens (tertiary/aromatic N) is 2. The van der Waals surface area contributed by atoms with Crippen molar-refractivity contribution >= 4 is 29.2 Å². The first-order valence-electron chi connectivity index (χ1n) is 6.07. The predicted molar refractivity (Wildman–Crippen MR) is 80.7 cm³/mol. The second-order valence-electron chi connectivity index (χ2n) is 4.55. The van der Waals surface area contributed by atoms with Crippen LogP contribution in [0.3, 0.4) is 0 Å². The SMILES string of the molecule is Cc1nc(=O)n(-c2cc(Cl)ccc2Cl)c(C)c1CC(=O)O. The summed E-state index contributed by atoms with van der Waals surface area (Å²) >= 11 is 12.0. The number of aromatic nitrogens is 2. The van der Waals surface area contributed by atoms with Crippen molar-refractivity contribution in [2.75, 3.05) is 0 Å². The maximum atomic E-state index is 12.2. The fraction of sp³-hybridized carbons (Fsp3) is 0.214. The summed E-state index contributed by atoms with van der Waals surface area (Å²) in [7, 11) is 0. The molecule has 7 heteroatoms. The molecule has 0 unspecified atom stereocenters. The number of hydrogen-bond donors (Lipinski definition) is 1. The summed E-state index contributed by atoms with van der Waals surface area (Å²) in [4.78, 5) is 27.0. The van der Waals surface area contributed by atoms with Gasteiger partial charge in [-0.25, -0.2) is 4.79 Å². The Labute approximate surface area is 130 Å². The van der Waals surface area contributed by atoms with E-state index in [9.17, 15) is 9.59 Å². The zero-order valence-electron chi connectivity index (χ0n) is 11.4. The molecule has 1 aromatic carbocycles. The molecular formula is C14H12Cl2N2O3. The number of aliphatic carboxylic acids is 1. The summed E-state index contributed by atoms with van der Waals surface area (Å²) in [5, 5.41) is 9.73. The fourth-order valence-electron chi connectivity index (χ4n) is 2.15. The van der Waals surface area contributed by atoms with Crippen molar-refractivity contribution in [3.05, 3.63) is 55.7 Å². The minimum atomic E-state index is -0.995. The topological polar surface area (TPSA) is 72.2 Å². The molecule has 1 aromatic heterocycles. The largest absolute Gasteiger partial charge is 0.481 e. The first-order valence-corrected chi connectivity index (χ1v) is 6.83. The molecule has 0 aliphatic rings. The van der Waals surface area contributed by atoms with Gasteiger partial charge in [0, 0.05) is 22.0 Å². The second kappa shape index (κ2) is 5.87. The summed E-state index contributed by atoms with van der Waals surface area (Å²) in [6.45, 7) is 3.27. The molecule has 21 heavy (non-hydrogen) atoms. The van der Waals surface area contributed by atoms with E-state index < -0.39 is 11.7 Å². The molecule has 1 N–H and O–H groups in total. The van der Waals surface area contributed by atoms with Gasteiger partial charge in [0.25, 0.3) is 0 Å². The van der Waals surface area contributed by atoms with Gasteiger partial charge in [0.05, 0.1) is 17.1 Å². The van der Waals surface area contributed by atoms with E-state index in [0.29, 0.717) is 32.7 Å². The smallest absolute Gasteiger partial charge is 0.352 e.